The molecule has 0 unspecified atom stereocenters. The van der Waals surface area contributed by atoms with E-state index in [2.05, 4.69) is 4.99 Å². The molecule has 0 aromatic rings. The Morgan fingerprint density at radius 1 is 1.00 bits per heavy atom. The highest BCUT2D eigenvalue weighted by Gasteiger charge is 1.82. The highest BCUT2D eigenvalue weighted by molar-refractivity contribution is 5.56. The highest BCUT2D eigenvalue weighted by atomic mass is 14.7. The van der Waals surface area contributed by atoms with E-state index in [0.29, 0.717) is 0 Å². The summed E-state index contributed by atoms with van der Waals surface area (Å²) in [5, 5.41) is 0. The van der Waals surface area contributed by atoms with E-state index in [4.69, 9.17) is 11.5 Å². The van der Waals surface area contributed by atoms with Crippen LogP contribution in [0, 0.1) is 0 Å². The standard InChI is InChI=1S/C8H19N3/c9-5-1-3-7-11-8-4-2-6-10/h7H,1-6,8-10H2. The average Bonchev–Trinajstić information content (AvgIpc) is 2.03. The Morgan fingerprint density at radius 2 is 1.73 bits per heavy atom. The quantitative estimate of drug-likeness (QED) is 0.418. The lowest BCUT2D eigenvalue weighted by molar-refractivity contribution is 0.755. The van der Waals surface area contributed by atoms with Crippen LogP contribution in [0.3, 0.4) is 0 Å². The van der Waals surface area contributed by atoms with Crippen LogP contribution in [0.2, 0.25) is 0 Å². The number of rotatable bonds is 7. The van der Waals surface area contributed by atoms with Gasteiger partial charge in [-0.25, -0.2) is 0 Å². The van der Waals surface area contributed by atoms with Crippen molar-refractivity contribution >= 4 is 6.21 Å². The van der Waals surface area contributed by atoms with Gasteiger partial charge in [0.15, 0.2) is 0 Å². The van der Waals surface area contributed by atoms with E-state index >= 15 is 0 Å². The van der Waals surface area contributed by atoms with Gasteiger partial charge in [-0.1, -0.05) is 0 Å². The third-order valence-electron chi connectivity index (χ3n) is 1.41. The zero-order valence-corrected chi connectivity index (χ0v) is 7.13. The molecular formula is C8H19N3. The van der Waals surface area contributed by atoms with Crippen molar-refractivity contribution in [3.63, 3.8) is 0 Å². The molecule has 0 aliphatic heterocycles. The number of hydrogen-bond donors (Lipinski definition) is 2. The molecule has 3 heteroatoms. The van der Waals surface area contributed by atoms with Gasteiger partial charge < -0.3 is 11.5 Å². The highest BCUT2D eigenvalue weighted by Crippen LogP contribution is 1.87. The van der Waals surface area contributed by atoms with E-state index < -0.39 is 0 Å². The lowest BCUT2D eigenvalue weighted by Crippen LogP contribution is -1.99. The fourth-order valence-corrected chi connectivity index (χ4v) is 0.739. The third-order valence-corrected chi connectivity index (χ3v) is 1.41. The predicted molar refractivity (Wildman–Crippen MR) is 49.9 cm³/mol. The fourth-order valence-electron chi connectivity index (χ4n) is 0.739. The number of nitrogens with zero attached hydrogens (tertiary/aromatic N) is 1. The normalized spacial score (nSPS) is 11.1. The Morgan fingerprint density at radius 3 is 2.36 bits per heavy atom. The van der Waals surface area contributed by atoms with Crippen LogP contribution in [0.15, 0.2) is 4.99 Å². The van der Waals surface area contributed by atoms with Gasteiger partial charge >= 0.3 is 0 Å². The van der Waals surface area contributed by atoms with Crippen molar-refractivity contribution < 1.29 is 0 Å². The molecule has 0 atom stereocenters. The molecule has 0 fully saturated rings. The van der Waals surface area contributed by atoms with Crippen molar-refractivity contribution in [3.8, 4) is 0 Å². The molecule has 0 heterocycles. The number of aliphatic imine (C=N–C) groups is 1. The van der Waals surface area contributed by atoms with Gasteiger partial charge in [-0.2, -0.15) is 0 Å². The molecule has 0 spiro atoms. The number of hydrogen-bond acceptors (Lipinski definition) is 3. The minimum Gasteiger partial charge on any atom is -0.330 e. The van der Waals surface area contributed by atoms with Crippen LogP contribution in [0.5, 0.6) is 0 Å². The summed E-state index contributed by atoms with van der Waals surface area (Å²) in [7, 11) is 0. The van der Waals surface area contributed by atoms with Crippen LogP contribution in [-0.4, -0.2) is 25.8 Å². The van der Waals surface area contributed by atoms with Crippen LogP contribution < -0.4 is 11.5 Å². The van der Waals surface area contributed by atoms with E-state index in [-0.39, 0.29) is 0 Å². The zero-order chi connectivity index (χ0) is 8.36. The molecule has 0 radical (unpaired) electrons. The Hall–Kier alpha value is -0.410. The lowest BCUT2D eigenvalue weighted by Gasteiger charge is -1.92. The first-order chi connectivity index (χ1) is 5.41. The second-order valence-corrected chi connectivity index (χ2v) is 2.52. The van der Waals surface area contributed by atoms with Crippen molar-refractivity contribution in [2.45, 2.75) is 25.7 Å². The maximum Gasteiger partial charge on any atom is 0.0385 e. The van der Waals surface area contributed by atoms with Crippen LogP contribution in [0.4, 0.5) is 0 Å². The van der Waals surface area contributed by atoms with Gasteiger partial charge in [0.1, 0.15) is 0 Å². The summed E-state index contributed by atoms with van der Waals surface area (Å²) < 4.78 is 0. The first-order valence-electron chi connectivity index (χ1n) is 4.30. The summed E-state index contributed by atoms with van der Waals surface area (Å²) in [5.74, 6) is 0. The maximum atomic E-state index is 5.32. The molecule has 0 saturated carbocycles. The monoisotopic (exact) mass is 157 g/mol. The smallest absolute Gasteiger partial charge is 0.0385 e. The van der Waals surface area contributed by atoms with Gasteiger partial charge in [0.05, 0.1) is 0 Å². The van der Waals surface area contributed by atoms with Crippen LogP contribution >= 0.6 is 0 Å². The van der Waals surface area contributed by atoms with Crippen LogP contribution in [0.1, 0.15) is 25.7 Å². The summed E-state index contributed by atoms with van der Waals surface area (Å²) in [6.45, 7) is 2.45. The van der Waals surface area contributed by atoms with Crippen LogP contribution in [0.25, 0.3) is 0 Å². The van der Waals surface area contributed by atoms with Gasteiger partial charge in [-0.15, -0.1) is 0 Å². The zero-order valence-electron chi connectivity index (χ0n) is 7.13. The number of nitrogens with two attached hydrogens (primary N) is 2. The molecule has 0 amide bonds. The molecule has 4 N–H and O–H groups in total. The third kappa shape index (κ3) is 9.59. The fraction of sp³-hybridized carbons (Fsp3) is 0.875. The first kappa shape index (κ1) is 10.6. The van der Waals surface area contributed by atoms with Crippen molar-refractivity contribution in [1.82, 2.24) is 0 Å². The van der Waals surface area contributed by atoms with Crippen molar-refractivity contribution in [3.05, 3.63) is 0 Å². The second-order valence-electron chi connectivity index (χ2n) is 2.52. The predicted octanol–water partition coefficient (Wildman–Crippen LogP) is 0.535. The molecule has 0 aliphatic rings. The van der Waals surface area contributed by atoms with E-state index in [9.17, 15) is 0 Å². The Labute approximate surface area is 68.9 Å². The summed E-state index contributed by atoms with van der Waals surface area (Å²) in [6.07, 6.45) is 6.20. The molecule has 0 aromatic heterocycles. The number of unbranched alkanes of at least 4 members (excludes halogenated alkanes) is 2. The van der Waals surface area contributed by atoms with Crippen molar-refractivity contribution in [1.29, 1.82) is 0 Å². The average molecular weight is 157 g/mol. The van der Waals surface area contributed by atoms with E-state index in [0.717, 1.165) is 45.3 Å². The van der Waals surface area contributed by atoms with Gasteiger partial charge in [-0.3, -0.25) is 4.99 Å². The van der Waals surface area contributed by atoms with E-state index in [1.54, 1.807) is 0 Å². The Bertz CT molecular complexity index is 91.3. The van der Waals surface area contributed by atoms with Crippen molar-refractivity contribution in [2.24, 2.45) is 16.5 Å². The molecule has 66 valence electrons. The van der Waals surface area contributed by atoms with Crippen molar-refractivity contribution in [2.75, 3.05) is 19.6 Å². The Kier molecular flexibility index (Phi) is 9.23. The molecule has 11 heavy (non-hydrogen) atoms. The summed E-state index contributed by atoms with van der Waals surface area (Å²) in [5.41, 5.74) is 10.6. The molecule has 0 aliphatic carbocycles. The van der Waals surface area contributed by atoms with Crippen LogP contribution in [-0.2, 0) is 0 Å². The van der Waals surface area contributed by atoms with Gasteiger partial charge in [0, 0.05) is 6.54 Å². The molecule has 0 bridgehead atoms. The minimum absolute atomic E-state index is 0.759. The molecular weight excluding hydrogens is 138 g/mol. The Balaban J connectivity index is 2.91. The molecule has 0 aromatic carbocycles. The topological polar surface area (TPSA) is 64.4 Å². The van der Waals surface area contributed by atoms with Gasteiger partial charge in [-0.05, 0) is 45.0 Å². The molecule has 3 nitrogen and oxygen atoms in total. The second kappa shape index (κ2) is 9.59. The van der Waals surface area contributed by atoms with E-state index in [1.807, 2.05) is 6.21 Å². The summed E-state index contributed by atoms with van der Waals surface area (Å²) >= 11 is 0. The van der Waals surface area contributed by atoms with Gasteiger partial charge in [0.25, 0.3) is 0 Å². The first-order valence-corrected chi connectivity index (χ1v) is 4.30. The molecule has 0 rings (SSSR count). The summed E-state index contributed by atoms with van der Waals surface area (Å²) in [6, 6.07) is 0. The SMILES string of the molecule is NCCCC=NCCCCN. The maximum absolute atomic E-state index is 5.32. The van der Waals surface area contributed by atoms with E-state index in [1.165, 1.54) is 0 Å². The van der Waals surface area contributed by atoms with Gasteiger partial charge in [0.2, 0.25) is 0 Å². The minimum atomic E-state index is 0.759. The largest absolute Gasteiger partial charge is 0.330 e. The lowest BCUT2D eigenvalue weighted by atomic mass is 10.3. The summed E-state index contributed by atoms with van der Waals surface area (Å²) in [4.78, 5) is 4.21. The molecule has 0 saturated heterocycles.